The minimum absolute atomic E-state index is 0. The number of likely N-dealkylation sites (tertiary alicyclic amines) is 1. The predicted molar refractivity (Wildman–Crippen MR) is 136 cm³/mol. The second-order valence-corrected chi connectivity index (χ2v) is 8.10. The maximum absolute atomic E-state index is 5.41. The van der Waals surface area contributed by atoms with E-state index in [4.69, 9.17) is 9.73 Å². The number of guanidine groups is 1. The van der Waals surface area contributed by atoms with Gasteiger partial charge in [0, 0.05) is 51.9 Å². The molecule has 0 aromatic heterocycles. The molecule has 2 heterocycles. The normalized spacial score (nSPS) is 19.3. The average molecular weight is 530 g/mol. The number of hydrogen-bond donors (Lipinski definition) is 2. The van der Waals surface area contributed by atoms with Gasteiger partial charge in [-0.25, -0.2) is 0 Å². The second-order valence-electron chi connectivity index (χ2n) is 8.10. The number of halogens is 1. The molecule has 2 saturated heterocycles. The summed E-state index contributed by atoms with van der Waals surface area (Å²) in [5.74, 6) is 0.986. The number of benzene rings is 1. The number of hydrogen-bond acceptors (Lipinski definition) is 4. The van der Waals surface area contributed by atoms with Gasteiger partial charge in [0.05, 0.1) is 13.2 Å². The van der Waals surface area contributed by atoms with Crippen molar-refractivity contribution in [1.82, 2.24) is 20.4 Å². The third-order valence-corrected chi connectivity index (χ3v) is 5.78. The highest BCUT2D eigenvalue weighted by Crippen LogP contribution is 2.13. The number of nitrogens with zero attached hydrogens (tertiary/aromatic N) is 3. The molecule has 0 saturated carbocycles. The predicted octanol–water partition coefficient (Wildman–Crippen LogP) is 2.94. The van der Waals surface area contributed by atoms with Gasteiger partial charge in [0.2, 0.25) is 0 Å². The van der Waals surface area contributed by atoms with E-state index in [-0.39, 0.29) is 24.0 Å². The van der Waals surface area contributed by atoms with Crippen molar-refractivity contribution in [1.29, 1.82) is 0 Å². The van der Waals surface area contributed by atoms with Crippen LogP contribution < -0.4 is 10.6 Å². The number of piperidine rings is 1. The van der Waals surface area contributed by atoms with Crippen LogP contribution in [0.5, 0.6) is 0 Å². The lowest BCUT2D eigenvalue weighted by molar-refractivity contribution is 0.0373. The van der Waals surface area contributed by atoms with Crippen LogP contribution in [0.1, 0.15) is 38.2 Å². The van der Waals surface area contributed by atoms with Crippen LogP contribution in [0.2, 0.25) is 0 Å². The smallest absolute Gasteiger partial charge is 0.191 e. The summed E-state index contributed by atoms with van der Waals surface area (Å²) in [6, 6.07) is 11.3. The molecular weight excluding hydrogens is 489 g/mol. The molecule has 0 bridgehead atoms. The molecule has 6 nitrogen and oxygen atoms in total. The molecular formula is C23H40IN5O. The van der Waals surface area contributed by atoms with Gasteiger partial charge in [0.1, 0.15) is 0 Å². The summed E-state index contributed by atoms with van der Waals surface area (Å²) in [5.41, 5.74) is 1.41. The molecule has 0 amide bonds. The largest absolute Gasteiger partial charge is 0.379 e. The van der Waals surface area contributed by atoms with Crippen LogP contribution in [-0.4, -0.2) is 80.8 Å². The van der Waals surface area contributed by atoms with Gasteiger partial charge in [-0.1, -0.05) is 30.3 Å². The van der Waals surface area contributed by atoms with E-state index in [0.29, 0.717) is 6.04 Å². The zero-order valence-electron chi connectivity index (χ0n) is 18.5. The lowest BCUT2D eigenvalue weighted by Gasteiger charge is -2.33. The summed E-state index contributed by atoms with van der Waals surface area (Å²) in [6.45, 7) is 12.4. The first-order valence-electron chi connectivity index (χ1n) is 11.4. The first-order chi connectivity index (χ1) is 14.3. The SMILES string of the molecule is CCNC(=NCCCCN1CCOCC1)NC1CCN(Cc2ccccc2)CC1.I. The lowest BCUT2D eigenvalue weighted by atomic mass is 10.0. The van der Waals surface area contributed by atoms with E-state index < -0.39 is 0 Å². The molecule has 0 radical (unpaired) electrons. The van der Waals surface area contributed by atoms with Crippen LogP contribution in [0.4, 0.5) is 0 Å². The van der Waals surface area contributed by atoms with Gasteiger partial charge >= 0.3 is 0 Å². The van der Waals surface area contributed by atoms with Crippen molar-refractivity contribution in [3.63, 3.8) is 0 Å². The van der Waals surface area contributed by atoms with Crippen LogP contribution in [0.25, 0.3) is 0 Å². The minimum atomic E-state index is 0. The van der Waals surface area contributed by atoms with Crippen molar-refractivity contribution in [2.24, 2.45) is 4.99 Å². The lowest BCUT2D eigenvalue weighted by Crippen LogP contribution is -2.48. The van der Waals surface area contributed by atoms with Gasteiger partial charge in [-0.15, -0.1) is 24.0 Å². The van der Waals surface area contributed by atoms with Crippen LogP contribution in [0, 0.1) is 0 Å². The van der Waals surface area contributed by atoms with Gasteiger partial charge in [-0.05, 0) is 44.7 Å². The maximum atomic E-state index is 5.41. The van der Waals surface area contributed by atoms with Crippen LogP contribution in [0.15, 0.2) is 35.3 Å². The fraction of sp³-hybridized carbons (Fsp3) is 0.696. The summed E-state index contributed by atoms with van der Waals surface area (Å²) in [6.07, 6.45) is 4.70. The molecule has 2 aliphatic heterocycles. The quantitative estimate of drug-likeness (QED) is 0.223. The molecule has 0 unspecified atom stereocenters. The van der Waals surface area contributed by atoms with Crippen LogP contribution in [-0.2, 0) is 11.3 Å². The standard InChI is InChI=1S/C23H39N5O.HI/c1-2-24-23(25-12-6-7-13-27-16-18-29-19-17-27)26-22-10-14-28(15-11-22)20-21-8-4-3-5-9-21;/h3-5,8-9,22H,2,6-7,10-20H2,1H3,(H2,24,25,26);1H. The monoisotopic (exact) mass is 529 g/mol. The molecule has 0 aliphatic carbocycles. The highest BCUT2D eigenvalue weighted by atomic mass is 127. The van der Waals surface area contributed by atoms with E-state index in [1.54, 1.807) is 0 Å². The molecule has 170 valence electrons. The second kappa shape index (κ2) is 15.0. The Labute approximate surface area is 199 Å². The first kappa shape index (κ1) is 25.4. The first-order valence-corrected chi connectivity index (χ1v) is 11.4. The van der Waals surface area contributed by atoms with Crippen molar-refractivity contribution in [3.05, 3.63) is 35.9 Å². The number of aliphatic imine (C=N–C) groups is 1. The van der Waals surface area contributed by atoms with Crippen molar-refractivity contribution in [3.8, 4) is 0 Å². The third-order valence-electron chi connectivity index (χ3n) is 5.78. The highest BCUT2D eigenvalue weighted by molar-refractivity contribution is 14.0. The van der Waals surface area contributed by atoms with Crippen molar-refractivity contribution in [2.75, 3.05) is 59.0 Å². The fourth-order valence-corrected chi connectivity index (χ4v) is 4.05. The molecule has 0 spiro atoms. The molecule has 2 fully saturated rings. The Hall–Kier alpha value is -0.900. The number of unbranched alkanes of at least 4 members (excludes halogenated alkanes) is 1. The van der Waals surface area contributed by atoms with Crippen molar-refractivity contribution >= 4 is 29.9 Å². The Bertz CT molecular complexity index is 587. The summed E-state index contributed by atoms with van der Waals surface area (Å²) in [4.78, 5) is 9.87. The summed E-state index contributed by atoms with van der Waals surface area (Å²) in [5, 5.41) is 7.09. The van der Waals surface area contributed by atoms with E-state index in [9.17, 15) is 0 Å². The minimum Gasteiger partial charge on any atom is -0.379 e. The van der Waals surface area contributed by atoms with Gasteiger partial charge in [0.25, 0.3) is 0 Å². The number of morpholine rings is 1. The Morgan fingerprint density at radius 2 is 1.77 bits per heavy atom. The van der Waals surface area contributed by atoms with Crippen molar-refractivity contribution < 1.29 is 4.74 Å². The van der Waals surface area contributed by atoms with Gasteiger partial charge < -0.3 is 15.4 Å². The molecule has 3 rings (SSSR count). The number of nitrogens with one attached hydrogen (secondary N) is 2. The molecule has 0 atom stereocenters. The molecule has 30 heavy (non-hydrogen) atoms. The highest BCUT2D eigenvalue weighted by Gasteiger charge is 2.20. The summed E-state index contributed by atoms with van der Waals surface area (Å²) >= 11 is 0. The van der Waals surface area contributed by atoms with E-state index in [1.807, 2.05) is 0 Å². The Morgan fingerprint density at radius 3 is 2.47 bits per heavy atom. The van der Waals surface area contributed by atoms with Gasteiger partial charge in [-0.2, -0.15) is 0 Å². The molecule has 1 aromatic rings. The molecule has 1 aromatic carbocycles. The Morgan fingerprint density at radius 1 is 1.03 bits per heavy atom. The summed E-state index contributed by atoms with van der Waals surface area (Å²) < 4.78 is 5.41. The van der Waals surface area contributed by atoms with E-state index >= 15 is 0 Å². The Kier molecular flexibility index (Phi) is 12.7. The van der Waals surface area contributed by atoms with Gasteiger partial charge in [0.15, 0.2) is 5.96 Å². The van der Waals surface area contributed by atoms with Gasteiger partial charge in [-0.3, -0.25) is 14.8 Å². The molecule has 2 N–H and O–H groups in total. The maximum Gasteiger partial charge on any atom is 0.191 e. The topological polar surface area (TPSA) is 52.1 Å². The average Bonchev–Trinajstić information content (AvgIpc) is 2.76. The van der Waals surface area contributed by atoms with Crippen molar-refractivity contribution in [2.45, 2.75) is 45.2 Å². The Balaban J connectivity index is 0.00000320. The summed E-state index contributed by atoms with van der Waals surface area (Å²) in [7, 11) is 0. The zero-order chi connectivity index (χ0) is 20.2. The van der Waals surface area contributed by atoms with Crippen LogP contribution >= 0.6 is 24.0 Å². The zero-order valence-corrected chi connectivity index (χ0v) is 20.9. The number of ether oxygens (including phenoxy) is 1. The van der Waals surface area contributed by atoms with Crippen LogP contribution in [0.3, 0.4) is 0 Å². The molecule has 7 heteroatoms. The van der Waals surface area contributed by atoms with E-state index in [2.05, 4.69) is 57.7 Å². The van der Waals surface area contributed by atoms with E-state index in [1.165, 1.54) is 31.4 Å². The fourth-order valence-electron chi connectivity index (χ4n) is 4.05. The third kappa shape index (κ3) is 9.49. The number of rotatable bonds is 9. The molecule has 2 aliphatic rings. The van der Waals surface area contributed by atoms with E-state index in [0.717, 1.165) is 71.4 Å².